The van der Waals surface area contributed by atoms with Gasteiger partial charge in [-0.2, -0.15) is 5.26 Å². The maximum atomic E-state index is 12.0. The number of halogens is 4. The van der Waals surface area contributed by atoms with Crippen molar-refractivity contribution in [2.24, 2.45) is 0 Å². The fourth-order valence-corrected chi connectivity index (χ4v) is 3.71. The van der Waals surface area contributed by atoms with Gasteiger partial charge in [-0.3, -0.25) is 4.89 Å². The number of aliphatic hydroxyl groups is 1. The van der Waals surface area contributed by atoms with Crippen LogP contribution in [0.1, 0.15) is 20.7 Å². The van der Waals surface area contributed by atoms with Crippen molar-refractivity contribution in [3.63, 3.8) is 0 Å². The standard InChI is InChI=1S/C10H6Br4O6/c11-5-3(9(16)19-2-1-15)4(10(17)20-18)6(12)8(14)7(5)13/h15,18H,1-2H2. The third-order valence-corrected chi connectivity index (χ3v) is 6.85. The molecule has 0 bridgehead atoms. The largest absolute Gasteiger partial charge is 0.460 e. The molecule has 0 saturated heterocycles. The van der Waals surface area contributed by atoms with E-state index in [1.807, 2.05) is 0 Å². The summed E-state index contributed by atoms with van der Waals surface area (Å²) in [6.45, 7) is -0.591. The van der Waals surface area contributed by atoms with Crippen LogP contribution in [0.5, 0.6) is 0 Å². The summed E-state index contributed by atoms with van der Waals surface area (Å²) in [5.74, 6) is -2.00. The van der Waals surface area contributed by atoms with E-state index < -0.39 is 11.9 Å². The van der Waals surface area contributed by atoms with E-state index in [4.69, 9.17) is 15.1 Å². The maximum Gasteiger partial charge on any atom is 0.374 e. The molecular weight excluding hydrogens is 536 g/mol. The van der Waals surface area contributed by atoms with E-state index in [1.54, 1.807) is 0 Å². The van der Waals surface area contributed by atoms with Crippen LogP contribution in [0.25, 0.3) is 0 Å². The molecule has 0 radical (unpaired) electrons. The van der Waals surface area contributed by atoms with Gasteiger partial charge in [-0.15, -0.1) is 0 Å². The molecule has 0 heterocycles. The second kappa shape index (κ2) is 7.85. The predicted octanol–water partition coefficient (Wildman–Crippen LogP) is 3.52. The Hall–Kier alpha value is -0.000000000000000187. The first kappa shape index (κ1) is 18.1. The minimum Gasteiger partial charge on any atom is -0.460 e. The van der Waals surface area contributed by atoms with Crippen LogP contribution in [-0.2, 0) is 9.62 Å². The Labute approximate surface area is 146 Å². The van der Waals surface area contributed by atoms with Gasteiger partial charge in [0.1, 0.15) is 6.61 Å². The van der Waals surface area contributed by atoms with Crippen molar-refractivity contribution >= 4 is 75.7 Å². The minimum atomic E-state index is -1.14. The van der Waals surface area contributed by atoms with Gasteiger partial charge in [0.15, 0.2) is 0 Å². The summed E-state index contributed by atoms with van der Waals surface area (Å²) < 4.78 is 6.09. The van der Waals surface area contributed by atoms with E-state index in [1.165, 1.54) is 0 Å². The fourth-order valence-electron chi connectivity index (χ4n) is 1.27. The van der Waals surface area contributed by atoms with Gasteiger partial charge in [-0.25, -0.2) is 9.59 Å². The number of esters is 1. The summed E-state index contributed by atoms with van der Waals surface area (Å²) in [5, 5.41) is 17.2. The molecule has 0 spiro atoms. The Balaban J connectivity index is 3.54. The zero-order valence-corrected chi connectivity index (χ0v) is 15.8. The fraction of sp³-hybridized carbons (Fsp3) is 0.200. The first-order chi connectivity index (χ1) is 9.36. The van der Waals surface area contributed by atoms with Crippen LogP contribution in [0.4, 0.5) is 0 Å². The number of carbonyl (C=O) groups is 2. The normalized spacial score (nSPS) is 10.3. The topological polar surface area (TPSA) is 93.1 Å². The smallest absolute Gasteiger partial charge is 0.374 e. The van der Waals surface area contributed by atoms with Crippen LogP contribution >= 0.6 is 63.7 Å². The van der Waals surface area contributed by atoms with Crippen molar-refractivity contribution in [2.75, 3.05) is 13.2 Å². The zero-order valence-electron chi connectivity index (χ0n) is 9.45. The molecule has 2 N–H and O–H groups in total. The molecule has 1 aromatic rings. The van der Waals surface area contributed by atoms with Crippen LogP contribution in [0.3, 0.4) is 0 Å². The van der Waals surface area contributed by atoms with Gasteiger partial charge in [0.2, 0.25) is 0 Å². The van der Waals surface area contributed by atoms with E-state index in [0.717, 1.165) is 0 Å². The number of ether oxygens (including phenoxy) is 1. The number of hydrogen-bond acceptors (Lipinski definition) is 6. The molecule has 0 saturated carbocycles. The van der Waals surface area contributed by atoms with Crippen LogP contribution in [0.15, 0.2) is 17.9 Å². The van der Waals surface area contributed by atoms with Crippen molar-refractivity contribution in [2.45, 2.75) is 0 Å². The van der Waals surface area contributed by atoms with Gasteiger partial charge in [-0.1, -0.05) is 0 Å². The van der Waals surface area contributed by atoms with E-state index in [-0.39, 0.29) is 33.3 Å². The zero-order chi connectivity index (χ0) is 15.4. The predicted molar refractivity (Wildman–Crippen MR) is 82.7 cm³/mol. The average molecular weight is 542 g/mol. The number of carbonyl (C=O) groups excluding carboxylic acids is 2. The van der Waals surface area contributed by atoms with Crippen LogP contribution in [0.2, 0.25) is 0 Å². The highest BCUT2D eigenvalue weighted by molar-refractivity contribution is 9.15. The molecule has 10 heteroatoms. The molecule has 1 rings (SSSR count). The molecule has 0 aliphatic heterocycles. The highest BCUT2D eigenvalue weighted by Crippen LogP contribution is 2.42. The van der Waals surface area contributed by atoms with Crippen LogP contribution < -0.4 is 0 Å². The Bertz CT molecular complexity index is 559. The second-order valence-electron chi connectivity index (χ2n) is 3.24. The summed E-state index contributed by atoms with van der Waals surface area (Å²) in [5.41, 5.74) is -0.378. The first-order valence-corrected chi connectivity index (χ1v) is 8.03. The molecule has 0 amide bonds. The first-order valence-electron chi connectivity index (χ1n) is 4.86. The van der Waals surface area contributed by atoms with Crippen molar-refractivity contribution in [3.8, 4) is 0 Å². The van der Waals surface area contributed by atoms with E-state index >= 15 is 0 Å². The molecule has 20 heavy (non-hydrogen) atoms. The molecule has 0 unspecified atom stereocenters. The van der Waals surface area contributed by atoms with Crippen molar-refractivity contribution in [1.29, 1.82) is 0 Å². The maximum absolute atomic E-state index is 12.0. The van der Waals surface area contributed by atoms with Crippen molar-refractivity contribution < 1.29 is 29.6 Å². The summed E-state index contributed by atoms with van der Waals surface area (Å²) in [7, 11) is 0. The van der Waals surface area contributed by atoms with Crippen LogP contribution in [-0.4, -0.2) is 35.5 Å². The van der Waals surface area contributed by atoms with Gasteiger partial charge >= 0.3 is 11.9 Å². The van der Waals surface area contributed by atoms with E-state index in [0.29, 0.717) is 8.95 Å². The number of aliphatic hydroxyl groups excluding tert-OH is 1. The summed E-state index contributed by atoms with van der Waals surface area (Å²) >= 11 is 12.7. The highest BCUT2D eigenvalue weighted by Gasteiger charge is 2.30. The molecule has 0 atom stereocenters. The number of rotatable bonds is 4. The molecule has 0 fully saturated rings. The van der Waals surface area contributed by atoms with Crippen LogP contribution in [0, 0.1) is 0 Å². The van der Waals surface area contributed by atoms with Gasteiger partial charge in [-0.05, 0) is 63.7 Å². The van der Waals surface area contributed by atoms with Crippen molar-refractivity contribution in [1.82, 2.24) is 0 Å². The van der Waals surface area contributed by atoms with E-state index in [2.05, 4.69) is 68.6 Å². The highest BCUT2D eigenvalue weighted by atomic mass is 79.9. The third-order valence-electron chi connectivity index (χ3n) is 2.08. The van der Waals surface area contributed by atoms with Gasteiger partial charge < -0.3 is 9.84 Å². The lowest BCUT2D eigenvalue weighted by Crippen LogP contribution is -2.17. The SMILES string of the molecule is O=C(OO)c1c(Br)c(Br)c(Br)c(Br)c1C(=O)OCCO. The van der Waals surface area contributed by atoms with Gasteiger partial charge in [0.05, 0.1) is 17.7 Å². The Morgan fingerprint density at radius 2 is 1.35 bits per heavy atom. The lowest BCUT2D eigenvalue weighted by atomic mass is 10.1. The molecule has 0 aliphatic rings. The summed E-state index contributed by atoms with van der Waals surface area (Å²) in [6, 6.07) is 0. The molecule has 1 aromatic carbocycles. The Kier molecular flexibility index (Phi) is 7.09. The van der Waals surface area contributed by atoms with Gasteiger partial charge in [0, 0.05) is 17.9 Å². The lowest BCUT2D eigenvalue weighted by molar-refractivity contribution is -0.182. The molecular formula is C10H6Br4O6. The molecule has 0 aromatic heterocycles. The second-order valence-corrected chi connectivity index (χ2v) is 6.42. The quantitative estimate of drug-likeness (QED) is 0.199. The van der Waals surface area contributed by atoms with Gasteiger partial charge in [0.25, 0.3) is 0 Å². The Morgan fingerprint density at radius 3 is 1.75 bits per heavy atom. The lowest BCUT2D eigenvalue weighted by Gasteiger charge is -2.14. The number of hydrogen-bond donors (Lipinski definition) is 2. The number of benzene rings is 1. The minimum absolute atomic E-state index is 0.153. The van der Waals surface area contributed by atoms with E-state index in [9.17, 15) is 9.59 Å². The summed E-state index contributed by atoms with van der Waals surface area (Å²) in [4.78, 5) is 27.3. The monoisotopic (exact) mass is 538 g/mol. The molecule has 110 valence electrons. The average Bonchev–Trinajstić information content (AvgIpc) is 2.45. The Morgan fingerprint density at radius 1 is 0.900 bits per heavy atom. The van der Waals surface area contributed by atoms with Crippen molar-refractivity contribution in [3.05, 3.63) is 29.0 Å². The summed E-state index contributed by atoms with van der Waals surface area (Å²) in [6.07, 6.45) is 0. The molecule has 6 nitrogen and oxygen atoms in total. The molecule has 0 aliphatic carbocycles. The third kappa shape index (κ3) is 3.60.